The van der Waals surface area contributed by atoms with Gasteiger partial charge in [0.15, 0.2) is 0 Å². The first-order valence-corrected chi connectivity index (χ1v) is 9.18. The van der Waals surface area contributed by atoms with Crippen LogP contribution in [0, 0.1) is 5.92 Å². The number of amides is 1. The van der Waals surface area contributed by atoms with Crippen molar-refractivity contribution in [2.45, 2.75) is 25.7 Å². The van der Waals surface area contributed by atoms with Crippen molar-refractivity contribution in [1.82, 2.24) is 19.9 Å². The Morgan fingerprint density at radius 1 is 1.12 bits per heavy atom. The molecule has 0 aliphatic carbocycles. The maximum Gasteiger partial charge on any atom is 0.272 e. The Bertz CT molecular complexity index is 897. The van der Waals surface area contributed by atoms with E-state index in [2.05, 4.69) is 33.2 Å². The van der Waals surface area contributed by atoms with Crippen LogP contribution in [0.15, 0.2) is 55.1 Å². The molecule has 1 aliphatic rings. The number of hydrogen-bond donors (Lipinski definition) is 0. The predicted octanol–water partition coefficient (Wildman–Crippen LogP) is 3.51. The Balaban J connectivity index is 1.41. The van der Waals surface area contributed by atoms with Crippen molar-refractivity contribution in [2.75, 3.05) is 13.1 Å². The second-order valence-corrected chi connectivity index (χ2v) is 6.92. The number of pyridine rings is 1. The van der Waals surface area contributed by atoms with Gasteiger partial charge in [0.25, 0.3) is 5.91 Å². The first kappa shape index (κ1) is 16.6. The van der Waals surface area contributed by atoms with Crippen molar-refractivity contribution >= 4 is 16.8 Å². The Morgan fingerprint density at radius 3 is 2.92 bits per heavy atom. The number of fused-ring (bicyclic) bond motifs is 1. The van der Waals surface area contributed by atoms with E-state index < -0.39 is 0 Å². The quantitative estimate of drug-likeness (QED) is 0.728. The molecule has 1 saturated heterocycles. The van der Waals surface area contributed by atoms with E-state index in [1.165, 1.54) is 17.3 Å². The van der Waals surface area contributed by atoms with Gasteiger partial charge in [0.1, 0.15) is 12.0 Å². The van der Waals surface area contributed by atoms with Crippen LogP contribution in [0.2, 0.25) is 0 Å². The number of para-hydroxylation sites is 1. The standard InChI is InChI=1S/C21H22N4O/c26-21(20-7-9-22-15-24-20)25-10-3-4-16(8-11-25)12-17-13-18-5-1-2-6-19(18)23-14-17/h1-2,5-7,9,13-16H,3-4,8,10-12H2/t16-/m1/s1. The first-order valence-electron chi connectivity index (χ1n) is 9.18. The molecule has 5 heteroatoms. The number of aromatic nitrogens is 3. The lowest BCUT2D eigenvalue weighted by molar-refractivity contribution is 0.0754. The fraction of sp³-hybridized carbons (Fsp3) is 0.333. The third kappa shape index (κ3) is 3.72. The zero-order chi connectivity index (χ0) is 17.8. The lowest BCUT2D eigenvalue weighted by atomic mass is 9.93. The minimum absolute atomic E-state index is 0.0143. The molecule has 3 aromatic rings. The maximum atomic E-state index is 12.6. The molecule has 3 heterocycles. The molecule has 2 aromatic heterocycles. The van der Waals surface area contributed by atoms with Gasteiger partial charge in [-0.1, -0.05) is 18.2 Å². The number of carbonyl (C=O) groups is 1. The normalized spacial score (nSPS) is 17.8. The monoisotopic (exact) mass is 346 g/mol. The van der Waals surface area contributed by atoms with Gasteiger partial charge in [0.05, 0.1) is 5.52 Å². The highest BCUT2D eigenvalue weighted by Gasteiger charge is 2.22. The summed E-state index contributed by atoms with van der Waals surface area (Å²) in [7, 11) is 0. The third-order valence-corrected chi connectivity index (χ3v) is 5.11. The van der Waals surface area contributed by atoms with Crippen LogP contribution >= 0.6 is 0 Å². The summed E-state index contributed by atoms with van der Waals surface area (Å²) >= 11 is 0. The van der Waals surface area contributed by atoms with E-state index in [0.29, 0.717) is 11.6 Å². The second kappa shape index (κ2) is 7.60. The van der Waals surface area contributed by atoms with Gasteiger partial charge in [0.2, 0.25) is 0 Å². The van der Waals surface area contributed by atoms with Gasteiger partial charge in [-0.25, -0.2) is 9.97 Å². The van der Waals surface area contributed by atoms with Crippen molar-refractivity contribution < 1.29 is 4.79 Å². The number of hydrogen-bond acceptors (Lipinski definition) is 4. The molecule has 1 fully saturated rings. The largest absolute Gasteiger partial charge is 0.337 e. The topological polar surface area (TPSA) is 59.0 Å². The fourth-order valence-corrected chi connectivity index (χ4v) is 3.71. The molecule has 1 aromatic carbocycles. The Kier molecular flexibility index (Phi) is 4.86. The third-order valence-electron chi connectivity index (χ3n) is 5.11. The molecule has 5 nitrogen and oxygen atoms in total. The van der Waals surface area contributed by atoms with E-state index in [-0.39, 0.29) is 5.91 Å². The van der Waals surface area contributed by atoms with Gasteiger partial charge in [-0.05, 0) is 55.4 Å². The van der Waals surface area contributed by atoms with E-state index >= 15 is 0 Å². The zero-order valence-electron chi connectivity index (χ0n) is 14.7. The molecule has 0 bridgehead atoms. The summed E-state index contributed by atoms with van der Waals surface area (Å²) in [6.07, 6.45) is 9.26. The molecular formula is C21H22N4O. The fourth-order valence-electron chi connectivity index (χ4n) is 3.71. The first-order chi connectivity index (χ1) is 12.8. The second-order valence-electron chi connectivity index (χ2n) is 6.92. The smallest absolute Gasteiger partial charge is 0.272 e. The molecule has 0 spiro atoms. The lowest BCUT2D eigenvalue weighted by Crippen LogP contribution is -2.32. The van der Waals surface area contributed by atoms with E-state index in [4.69, 9.17) is 0 Å². The van der Waals surface area contributed by atoms with Crippen LogP contribution in [-0.4, -0.2) is 38.8 Å². The Labute approximate surface area is 153 Å². The van der Waals surface area contributed by atoms with Gasteiger partial charge in [-0.2, -0.15) is 0 Å². The van der Waals surface area contributed by atoms with Crippen LogP contribution < -0.4 is 0 Å². The van der Waals surface area contributed by atoms with Crippen LogP contribution in [0.25, 0.3) is 10.9 Å². The number of nitrogens with zero attached hydrogens (tertiary/aromatic N) is 4. The summed E-state index contributed by atoms with van der Waals surface area (Å²) in [4.78, 5) is 27.1. The average molecular weight is 346 g/mol. The average Bonchev–Trinajstić information content (AvgIpc) is 2.93. The molecule has 0 radical (unpaired) electrons. The number of carbonyl (C=O) groups excluding carboxylic acids is 1. The van der Waals surface area contributed by atoms with Crippen LogP contribution in [0.3, 0.4) is 0 Å². The highest BCUT2D eigenvalue weighted by Crippen LogP contribution is 2.24. The molecule has 1 aliphatic heterocycles. The van der Waals surface area contributed by atoms with E-state index in [1.54, 1.807) is 12.3 Å². The summed E-state index contributed by atoms with van der Waals surface area (Å²) in [5.74, 6) is 0.599. The van der Waals surface area contributed by atoms with Crippen LogP contribution in [0.4, 0.5) is 0 Å². The summed E-state index contributed by atoms with van der Waals surface area (Å²) in [6, 6.07) is 12.2. The van der Waals surface area contributed by atoms with Crippen molar-refractivity contribution in [3.8, 4) is 0 Å². The van der Waals surface area contributed by atoms with Gasteiger partial charge in [-0.3, -0.25) is 9.78 Å². The van der Waals surface area contributed by atoms with Crippen LogP contribution in [0.5, 0.6) is 0 Å². The molecule has 26 heavy (non-hydrogen) atoms. The summed E-state index contributed by atoms with van der Waals surface area (Å²) in [5.41, 5.74) is 2.81. The molecular weight excluding hydrogens is 324 g/mol. The van der Waals surface area contributed by atoms with Crippen LogP contribution in [0.1, 0.15) is 35.3 Å². The SMILES string of the molecule is O=C(c1ccncn1)N1CCC[C@@H](Cc2cnc3ccccc3c2)CC1. The van der Waals surface area contributed by atoms with Crippen LogP contribution in [-0.2, 0) is 6.42 Å². The molecule has 1 atom stereocenters. The van der Waals surface area contributed by atoms with Gasteiger partial charge < -0.3 is 4.90 Å². The van der Waals surface area contributed by atoms with Gasteiger partial charge in [-0.15, -0.1) is 0 Å². The number of rotatable bonds is 3. The highest BCUT2D eigenvalue weighted by atomic mass is 16.2. The van der Waals surface area contributed by atoms with E-state index in [1.807, 2.05) is 23.2 Å². The molecule has 0 saturated carbocycles. The minimum atomic E-state index is 0.0143. The summed E-state index contributed by atoms with van der Waals surface area (Å²) in [6.45, 7) is 1.59. The minimum Gasteiger partial charge on any atom is -0.337 e. The van der Waals surface area contributed by atoms with Crippen molar-refractivity contribution in [3.05, 3.63) is 66.4 Å². The van der Waals surface area contributed by atoms with E-state index in [9.17, 15) is 4.79 Å². The zero-order valence-corrected chi connectivity index (χ0v) is 14.7. The Hall–Kier alpha value is -2.82. The maximum absolute atomic E-state index is 12.6. The number of benzene rings is 1. The van der Waals surface area contributed by atoms with Gasteiger partial charge in [0, 0.05) is 30.9 Å². The van der Waals surface area contributed by atoms with Gasteiger partial charge >= 0.3 is 0 Å². The Morgan fingerprint density at radius 2 is 2.04 bits per heavy atom. The summed E-state index contributed by atoms with van der Waals surface area (Å²) < 4.78 is 0. The molecule has 132 valence electrons. The van der Waals surface area contributed by atoms with Crippen molar-refractivity contribution in [3.63, 3.8) is 0 Å². The van der Waals surface area contributed by atoms with E-state index in [0.717, 1.165) is 44.3 Å². The summed E-state index contributed by atoms with van der Waals surface area (Å²) in [5, 5.41) is 1.19. The molecule has 4 rings (SSSR count). The molecule has 0 N–H and O–H groups in total. The predicted molar refractivity (Wildman–Crippen MR) is 101 cm³/mol. The molecule has 0 unspecified atom stereocenters. The highest BCUT2D eigenvalue weighted by molar-refractivity contribution is 5.92. The number of likely N-dealkylation sites (tertiary alicyclic amines) is 1. The lowest BCUT2D eigenvalue weighted by Gasteiger charge is -2.20. The van der Waals surface area contributed by atoms with Crippen molar-refractivity contribution in [1.29, 1.82) is 0 Å². The molecule has 1 amide bonds. The van der Waals surface area contributed by atoms with Crippen molar-refractivity contribution in [2.24, 2.45) is 5.92 Å².